The van der Waals surface area contributed by atoms with Crippen LogP contribution in [0.1, 0.15) is 24.1 Å². The van der Waals surface area contributed by atoms with E-state index in [1.54, 1.807) is 6.07 Å². The first-order chi connectivity index (χ1) is 9.89. The fraction of sp³-hybridized carbons (Fsp3) is 0.714. The van der Waals surface area contributed by atoms with Crippen LogP contribution in [0, 0.1) is 0 Å². The standard InChI is InChI=1S/C14H25N3O2S2/c1-15-10-7-12-5-6-13(20-12)21(18,19)16-11-14(17(2)3)8-4-9-14/h5-6,15-16H,4,7-11H2,1-3H3. The SMILES string of the molecule is CNCCc1ccc(S(=O)(=O)NCC2(N(C)C)CCC2)s1. The number of likely N-dealkylation sites (N-methyl/N-ethyl adjacent to an activating group) is 2. The van der Waals surface area contributed by atoms with Crippen molar-refractivity contribution in [2.45, 2.75) is 35.4 Å². The van der Waals surface area contributed by atoms with Crippen LogP contribution < -0.4 is 10.0 Å². The molecule has 1 aromatic rings. The number of hydrogen-bond donors (Lipinski definition) is 2. The first-order valence-electron chi connectivity index (χ1n) is 7.30. The maximum Gasteiger partial charge on any atom is 0.250 e. The van der Waals surface area contributed by atoms with Crippen LogP contribution in [-0.4, -0.2) is 53.1 Å². The second-order valence-electron chi connectivity index (χ2n) is 5.87. The molecular formula is C14H25N3O2S2. The average molecular weight is 332 g/mol. The van der Waals surface area contributed by atoms with Crippen molar-refractivity contribution in [2.24, 2.45) is 0 Å². The van der Waals surface area contributed by atoms with Crippen LogP contribution >= 0.6 is 11.3 Å². The molecule has 1 heterocycles. The molecule has 1 saturated carbocycles. The smallest absolute Gasteiger partial charge is 0.250 e. The molecule has 0 spiro atoms. The largest absolute Gasteiger partial charge is 0.319 e. The van der Waals surface area contributed by atoms with Gasteiger partial charge in [-0.25, -0.2) is 13.1 Å². The van der Waals surface area contributed by atoms with E-state index in [1.165, 1.54) is 17.8 Å². The number of rotatable bonds is 8. The maximum absolute atomic E-state index is 12.4. The van der Waals surface area contributed by atoms with E-state index < -0.39 is 10.0 Å². The van der Waals surface area contributed by atoms with Gasteiger partial charge in [0.25, 0.3) is 0 Å². The fourth-order valence-corrected chi connectivity index (χ4v) is 5.07. The van der Waals surface area contributed by atoms with Crippen molar-refractivity contribution < 1.29 is 8.42 Å². The quantitative estimate of drug-likeness (QED) is 0.753. The Kier molecular flexibility index (Phi) is 5.43. The van der Waals surface area contributed by atoms with Gasteiger partial charge in [-0.1, -0.05) is 0 Å². The third-order valence-electron chi connectivity index (χ3n) is 4.35. The van der Waals surface area contributed by atoms with Gasteiger partial charge < -0.3 is 10.2 Å². The van der Waals surface area contributed by atoms with E-state index in [0.717, 1.165) is 30.7 Å². The van der Waals surface area contributed by atoms with Gasteiger partial charge in [0, 0.05) is 17.0 Å². The van der Waals surface area contributed by atoms with E-state index in [0.29, 0.717) is 10.8 Å². The second-order valence-corrected chi connectivity index (χ2v) is 9.03. The lowest BCUT2D eigenvalue weighted by molar-refractivity contribution is 0.0657. The minimum atomic E-state index is -3.39. The lowest BCUT2D eigenvalue weighted by Crippen LogP contribution is -2.57. The minimum absolute atomic E-state index is 0.000704. The first-order valence-corrected chi connectivity index (χ1v) is 9.60. The van der Waals surface area contributed by atoms with Gasteiger partial charge >= 0.3 is 0 Å². The molecule has 0 atom stereocenters. The highest BCUT2D eigenvalue weighted by Gasteiger charge is 2.39. The summed E-state index contributed by atoms with van der Waals surface area (Å²) in [5.74, 6) is 0. The zero-order valence-corrected chi connectivity index (χ0v) is 14.6. The Morgan fingerprint density at radius 2 is 2.05 bits per heavy atom. The van der Waals surface area contributed by atoms with Crippen molar-refractivity contribution in [1.82, 2.24) is 14.9 Å². The molecule has 120 valence electrons. The molecule has 1 fully saturated rings. The molecule has 2 N–H and O–H groups in total. The monoisotopic (exact) mass is 331 g/mol. The summed E-state index contributed by atoms with van der Waals surface area (Å²) in [4.78, 5) is 3.24. The summed E-state index contributed by atoms with van der Waals surface area (Å²) in [7, 11) is 2.55. The lowest BCUT2D eigenvalue weighted by atomic mass is 9.76. The molecule has 1 aromatic heterocycles. The third-order valence-corrected chi connectivity index (χ3v) is 7.39. The Bertz CT molecular complexity index is 563. The molecule has 1 aliphatic carbocycles. The molecule has 5 nitrogen and oxygen atoms in total. The van der Waals surface area contributed by atoms with Crippen LogP contribution in [0.2, 0.25) is 0 Å². The number of hydrogen-bond acceptors (Lipinski definition) is 5. The van der Waals surface area contributed by atoms with Gasteiger partial charge in [0.2, 0.25) is 10.0 Å². The summed E-state index contributed by atoms with van der Waals surface area (Å²) in [6.45, 7) is 1.35. The molecule has 1 aliphatic rings. The van der Waals surface area contributed by atoms with Crippen LogP contribution in [0.3, 0.4) is 0 Å². The molecule has 0 bridgehead atoms. The Labute approximate surface area is 131 Å². The van der Waals surface area contributed by atoms with E-state index in [9.17, 15) is 8.42 Å². The number of nitrogens with one attached hydrogen (secondary N) is 2. The number of sulfonamides is 1. The summed E-state index contributed by atoms with van der Waals surface area (Å²) < 4.78 is 28.0. The fourth-order valence-electron chi connectivity index (χ4n) is 2.55. The summed E-state index contributed by atoms with van der Waals surface area (Å²) in [6.07, 6.45) is 4.14. The van der Waals surface area contributed by atoms with Crippen LogP contribution in [-0.2, 0) is 16.4 Å². The summed E-state index contributed by atoms with van der Waals surface area (Å²) in [5.41, 5.74) is -0.000704. The molecule has 0 saturated heterocycles. The maximum atomic E-state index is 12.4. The highest BCUT2D eigenvalue weighted by molar-refractivity contribution is 7.91. The topological polar surface area (TPSA) is 61.4 Å². The van der Waals surface area contributed by atoms with Gasteiger partial charge in [-0.3, -0.25) is 0 Å². The average Bonchev–Trinajstić information content (AvgIpc) is 2.84. The molecule has 7 heteroatoms. The molecular weight excluding hydrogens is 306 g/mol. The molecule has 0 unspecified atom stereocenters. The van der Waals surface area contributed by atoms with E-state index in [4.69, 9.17) is 0 Å². The van der Waals surface area contributed by atoms with E-state index >= 15 is 0 Å². The normalized spacial score (nSPS) is 17.9. The highest BCUT2D eigenvalue weighted by Crippen LogP contribution is 2.36. The van der Waals surface area contributed by atoms with Crippen LogP contribution in [0.25, 0.3) is 0 Å². The third kappa shape index (κ3) is 3.84. The predicted molar refractivity (Wildman–Crippen MR) is 87.4 cm³/mol. The van der Waals surface area contributed by atoms with Gasteiger partial charge in [-0.05, 0) is 65.5 Å². The molecule has 0 aromatic carbocycles. The predicted octanol–water partition coefficient (Wildman–Crippen LogP) is 1.27. The van der Waals surface area contributed by atoms with Crippen molar-refractivity contribution in [2.75, 3.05) is 34.2 Å². The molecule has 0 radical (unpaired) electrons. The van der Waals surface area contributed by atoms with E-state index in [-0.39, 0.29) is 5.54 Å². The van der Waals surface area contributed by atoms with Gasteiger partial charge in [0.1, 0.15) is 4.21 Å². The Morgan fingerprint density at radius 1 is 1.33 bits per heavy atom. The Hall–Kier alpha value is -0.470. The van der Waals surface area contributed by atoms with Crippen molar-refractivity contribution in [3.05, 3.63) is 17.0 Å². The first kappa shape index (κ1) is 16.9. The van der Waals surface area contributed by atoms with E-state index in [2.05, 4.69) is 14.9 Å². The van der Waals surface area contributed by atoms with Gasteiger partial charge in [-0.2, -0.15) is 0 Å². The van der Waals surface area contributed by atoms with Crippen LogP contribution in [0.4, 0.5) is 0 Å². The van der Waals surface area contributed by atoms with Gasteiger partial charge in [0.05, 0.1) is 0 Å². The summed E-state index contributed by atoms with van der Waals surface area (Å²) in [5, 5.41) is 3.07. The van der Waals surface area contributed by atoms with Gasteiger partial charge in [0.15, 0.2) is 0 Å². The summed E-state index contributed by atoms with van der Waals surface area (Å²) in [6, 6.07) is 3.61. The van der Waals surface area contributed by atoms with Crippen LogP contribution in [0.15, 0.2) is 16.3 Å². The van der Waals surface area contributed by atoms with Crippen LogP contribution in [0.5, 0.6) is 0 Å². The molecule has 0 amide bonds. The zero-order valence-electron chi connectivity index (χ0n) is 13.0. The van der Waals surface area contributed by atoms with Gasteiger partial charge in [-0.15, -0.1) is 11.3 Å². The summed E-state index contributed by atoms with van der Waals surface area (Å²) >= 11 is 1.36. The van der Waals surface area contributed by atoms with E-state index in [1.807, 2.05) is 27.2 Å². The second kappa shape index (κ2) is 6.75. The number of nitrogens with zero attached hydrogens (tertiary/aromatic N) is 1. The van der Waals surface area contributed by atoms with Crippen molar-refractivity contribution >= 4 is 21.4 Å². The molecule has 0 aliphatic heterocycles. The minimum Gasteiger partial charge on any atom is -0.319 e. The Morgan fingerprint density at radius 3 is 2.57 bits per heavy atom. The molecule has 2 rings (SSSR count). The van der Waals surface area contributed by atoms with Crippen molar-refractivity contribution in [1.29, 1.82) is 0 Å². The van der Waals surface area contributed by atoms with Crippen molar-refractivity contribution in [3.63, 3.8) is 0 Å². The molecule has 21 heavy (non-hydrogen) atoms. The Balaban J connectivity index is 2.00. The highest BCUT2D eigenvalue weighted by atomic mass is 32.2. The van der Waals surface area contributed by atoms with Crippen molar-refractivity contribution in [3.8, 4) is 0 Å². The lowest BCUT2D eigenvalue weighted by Gasteiger charge is -2.47. The zero-order chi connectivity index (χ0) is 15.5. The number of thiophene rings is 1.